The van der Waals surface area contributed by atoms with Crippen molar-refractivity contribution in [2.45, 2.75) is 6.92 Å². The van der Waals surface area contributed by atoms with Crippen LogP contribution in [0.1, 0.15) is 26.3 Å². The Labute approximate surface area is 129 Å². The van der Waals surface area contributed by atoms with E-state index in [2.05, 4.69) is 15.9 Å². The van der Waals surface area contributed by atoms with E-state index in [1.807, 2.05) is 6.92 Å². The lowest BCUT2D eigenvalue weighted by Gasteiger charge is -2.16. The summed E-state index contributed by atoms with van der Waals surface area (Å²) in [7, 11) is 0. The zero-order valence-corrected chi connectivity index (χ0v) is 12.8. The molecule has 0 aliphatic carbocycles. The summed E-state index contributed by atoms with van der Waals surface area (Å²) in [6, 6.07) is 10.2. The molecule has 0 saturated carbocycles. The van der Waals surface area contributed by atoms with Gasteiger partial charge in [-0.25, -0.2) is 4.90 Å². The number of amides is 2. The molecule has 2 amide bonds. The molecule has 20 heavy (non-hydrogen) atoms. The summed E-state index contributed by atoms with van der Waals surface area (Å²) >= 11 is 9.22. The molecule has 0 aromatic heterocycles. The number of hydrogen-bond acceptors (Lipinski definition) is 2. The summed E-state index contributed by atoms with van der Waals surface area (Å²) in [5, 5.41) is 0.575. The van der Waals surface area contributed by atoms with E-state index < -0.39 is 0 Å². The van der Waals surface area contributed by atoms with Gasteiger partial charge in [0.05, 0.1) is 16.8 Å². The van der Waals surface area contributed by atoms with Gasteiger partial charge in [-0.2, -0.15) is 0 Å². The molecular weight excluding hydrogens is 342 g/mol. The van der Waals surface area contributed by atoms with Crippen LogP contribution in [0.4, 0.5) is 5.69 Å². The van der Waals surface area contributed by atoms with Crippen LogP contribution in [0.2, 0.25) is 5.02 Å². The molecule has 2 aromatic rings. The van der Waals surface area contributed by atoms with E-state index in [9.17, 15) is 9.59 Å². The first kappa shape index (κ1) is 13.3. The summed E-state index contributed by atoms with van der Waals surface area (Å²) in [6.07, 6.45) is 0. The first-order valence-electron chi connectivity index (χ1n) is 5.93. The van der Waals surface area contributed by atoms with Gasteiger partial charge in [-0.15, -0.1) is 0 Å². The van der Waals surface area contributed by atoms with E-state index in [0.29, 0.717) is 21.8 Å². The lowest BCUT2D eigenvalue weighted by atomic mass is 10.1. The molecule has 0 spiro atoms. The third-order valence-electron chi connectivity index (χ3n) is 3.25. The van der Waals surface area contributed by atoms with Crippen molar-refractivity contribution in [2.24, 2.45) is 0 Å². The number of halogens is 2. The van der Waals surface area contributed by atoms with Crippen LogP contribution < -0.4 is 4.90 Å². The average Bonchev–Trinajstić information content (AvgIpc) is 2.63. The van der Waals surface area contributed by atoms with Gasteiger partial charge in [0.1, 0.15) is 0 Å². The Morgan fingerprint density at radius 3 is 2.40 bits per heavy atom. The standard InChI is InChI=1S/C15H9BrClNO2/c1-8-6-10(17)3-5-13(8)18-14(19)11-4-2-9(16)7-12(11)15(18)20/h2-7H,1H3. The summed E-state index contributed by atoms with van der Waals surface area (Å²) < 4.78 is 0.770. The van der Waals surface area contributed by atoms with Gasteiger partial charge in [0.2, 0.25) is 0 Å². The van der Waals surface area contributed by atoms with Gasteiger partial charge < -0.3 is 0 Å². The number of hydrogen-bond donors (Lipinski definition) is 0. The Morgan fingerprint density at radius 1 is 1.00 bits per heavy atom. The molecule has 0 bridgehead atoms. The second kappa shape index (κ2) is 4.72. The van der Waals surface area contributed by atoms with Gasteiger partial charge in [-0.3, -0.25) is 9.59 Å². The molecule has 5 heteroatoms. The van der Waals surface area contributed by atoms with E-state index in [-0.39, 0.29) is 11.8 Å². The minimum atomic E-state index is -0.309. The lowest BCUT2D eigenvalue weighted by molar-refractivity contribution is 0.0926. The van der Waals surface area contributed by atoms with Crippen molar-refractivity contribution in [1.29, 1.82) is 0 Å². The number of imide groups is 1. The predicted octanol–water partition coefficient (Wildman–Crippen LogP) is 4.21. The minimum absolute atomic E-state index is 0.303. The molecule has 1 heterocycles. The van der Waals surface area contributed by atoms with Crippen LogP contribution in [-0.2, 0) is 0 Å². The third kappa shape index (κ3) is 1.96. The third-order valence-corrected chi connectivity index (χ3v) is 3.98. The summed E-state index contributed by atoms with van der Waals surface area (Å²) in [5.74, 6) is -0.611. The SMILES string of the molecule is Cc1cc(Cl)ccc1N1C(=O)c2ccc(Br)cc2C1=O. The number of fused-ring (bicyclic) bond motifs is 1. The lowest BCUT2D eigenvalue weighted by Crippen LogP contribution is -2.29. The fourth-order valence-electron chi connectivity index (χ4n) is 2.30. The highest BCUT2D eigenvalue weighted by atomic mass is 79.9. The topological polar surface area (TPSA) is 37.4 Å². The van der Waals surface area contributed by atoms with Gasteiger partial charge in [-0.1, -0.05) is 27.5 Å². The van der Waals surface area contributed by atoms with Crippen molar-refractivity contribution in [3.05, 3.63) is 62.6 Å². The van der Waals surface area contributed by atoms with Crippen molar-refractivity contribution in [2.75, 3.05) is 4.90 Å². The van der Waals surface area contributed by atoms with Crippen molar-refractivity contribution in [3.63, 3.8) is 0 Å². The number of nitrogens with zero attached hydrogens (tertiary/aromatic N) is 1. The molecule has 3 rings (SSSR count). The number of rotatable bonds is 1. The quantitative estimate of drug-likeness (QED) is 0.722. The van der Waals surface area contributed by atoms with E-state index in [4.69, 9.17) is 11.6 Å². The van der Waals surface area contributed by atoms with Crippen molar-refractivity contribution in [1.82, 2.24) is 0 Å². The second-order valence-electron chi connectivity index (χ2n) is 4.57. The van der Waals surface area contributed by atoms with Gasteiger partial charge in [0, 0.05) is 9.50 Å². The molecule has 0 atom stereocenters. The molecule has 100 valence electrons. The first-order valence-corrected chi connectivity index (χ1v) is 7.10. The molecule has 0 unspecified atom stereocenters. The van der Waals surface area contributed by atoms with E-state index in [1.165, 1.54) is 4.90 Å². The van der Waals surface area contributed by atoms with Gasteiger partial charge in [-0.05, 0) is 48.9 Å². The van der Waals surface area contributed by atoms with E-state index >= 15 is 0 Å². The van der Waals surface area contributed by atoms with Crippen LogP contribution in [0.15, 0.2) is 40.9 Å². The van der Waals surface area contributed by atoms with Crippen LogP contribution in [0, 0.1) is 6.92 Å². The minimum Gasteiger partial charge on any atom is -0.268 e. The predicted molar refractivity (Wildman–Crippen MR) is 81.5 cm³/mol. The number of carbonyl (C=O) groups excluding carboxylic acids is 2. The molecule has 0 radical (unpaired) electrons. The average molecular weight is 351 g/mol. The van der Waals surface area contributed by atoms with E-state index in [1.54, 1.807) is 36.4 Å². The number of benzene rings is 2. The Kier molecular flexibility index (Phi) is 3.15. The summed E-state index contributed by atoms with van der Waals surface area (Å²) in [5.41, 5.74) is 2.19. The van der Waals surface area contributed by atoms with Crippen LogP contribution in [-0.4, -0.2) is 11.8 Å². The monoisotopic (exact) mass is 349 g/mol. The Balaban J connectivity index is 2.14. The van der Waals surface area contributed by atoms with Crippen molar-refractivity contribution in [3.8, 4) is 0 Å². The zero-order valence-electron chi connectivity index (χ0n) is 10.5. The normalized spacial score (nSPS) is 13.8. The smallest absolute Gasteiger partial charge is 0.266 e. The zero-order chi connectivity index (χ0) is 14.4. The number of aryl methyl sites for hydroxylation is 1. The first-order chi connectivity index (χ1) is 9.49. The number of carbonyl (C=O) groups is 2. The Bertz CT molecular complexity index is 758. The largest absolute Gasteiger partial charge is 0.268 e. The molecule has 1 aliphatic rings. The summed E-state index contributed by atoms with van der Waals surface area (Å²) in [4.78, 5) is 26.1. The highest BCUT2D eigenvalue weighted by molar-refractivity contribution is 9.10. The molecule has 0 saturated heterocycles. The Hall–Kier alpha value is -1.65. The fourth-order valence-corrected chi connectivity index (χ4v) is 2.89. The van der Waals surface area contributed by atoms with Crippen LogP contribution in [0.25, 0.3) is 0 Å². The highest BCUT2D eigenvalue weighted by Gasteiger charge is 2.37. The highest BCUT2D eigenvalue weighted by Crippen LogP contribution is 2.32. The molecule has 3 nitrogen and oxygen atoms in total. The molecular formula is C15H9BrClNO2. The van der Waals surface area contributed by atoms with Crippen LogP contribution in [0.5, 0.6) is 0 Å². The maximum Gasteiger partial charge on any atom is 0.266 e. The second-order valence-corrected chi connectivity index (χ2v) is 5.92. The summed E-state index contributed by atoms with van der Waals surface area (Å²) in [6.45, 7) is 1.82. The van der Waals surface area contributed by atoms with Crippen LogP contribution >= 0.6 is 27.5 Å². The molecule has 2 aromatic carbocycles. The van der Waals surface area contributed by atoms with Gasteiger partial charge >= 0.3 is 0 Å². The van der Waals surface area contributed by atoms with Gasteiger partial charge in [0.25, 0.3) is 11.8 Å². The van der Waals surface area contributed by atoms with Gasteiger partial charge in [0.15, 0.2) is 0 Å². The van der Waals surface area contributed by atoms with E-state index in [0.717, 1.165) is 10.0 Å². The number of anilines is 1. The maximum atomic E-state index is 12.4. The molecule has 0 N–H and O–H groups in total. The van der Waals surface area contributed by atoms with Crippen molar-refractivity contribution < 1.29 is 9.59 Å². The Morgan fingerprint density at radius 2 is 1.70 bits per heavy atom. The van der Waals surface area contributed by atoms with Crippen molar-refractivity contribution >= 4 is 45.0 Å². The fraction of sp³-hybridized carbons (Fsp3) is 0.0667. The van der Waals surface area contributed by atoms with Crippen LogP contribution in [0.3, 0.4) is 0 Å². The molecule has 0 fully saturated rings. The maximum absolute atomic E-state index is 12.4. The molecule has 1 aliphatic heterocycles.